The van der Waals surface area contributed by atoms with Gasteiger partial charge in [0, 0.05) is 11.3 Å². The zero-order chi connectivity index (χ0) is 22.1. The molecule has 0 aliphatic carbocycles. The van der Waals surface area contributed by atoms with Crippen molar-refractivity contribution in [3.05, 3.63) is 83.9 Å². The van der Waals surface area contributed by atoms with E-state index in [-0.39, 0.29) is 5.91 Å². The van der Waals surface area contributed by atoms with Crippen LogP contribution in [0.25, 0.3) is 11.1 Å². The predicted octanol–water partition coefficient (Wildman–Crippen LogP) is 5.20. The first-order valence-electron chi connectivity index (χ1n) is 10.3. The Morgan fingerprint density at radius 2 is 1.65 bits per heavy atom. The van der Waals surface area contributed by atoms with Gasteiger partial charge in [-0.05, 0) is 87.1 Å². The van der Waals surface area contributed by atoms with Gasteiger partial charge in [0.25, 0.3) is 5.91 Å². The Kier molecular flexibility index (Phi) is 7.80. The molecule has 1 N–H and O–H groups in total. The van der Waals surface area contributed by atoms with Gasteiger partial charge in [-0.1, -0.05) is 30.3 Å². The highest BCUT2D eigenvalue weighted by Crippen LogP contribution is 2.22. The molecular formula is C26H27N3O2. The lowest BCUT2D eigenvalue weighted by atomic mass is 10.0. The zero-order valence-electron chi connectivity index (χ0n) is 18.0. The summed E-state index contributed by atoms with van der Waals surface area (Å²) in [5, 5.41) is 11.8. The molecule has 158 valence electrons. The van der Waals surface area contributed by atoms with Crippen LogP contribution in [0.1, 0.15) is 28.8 Å². The molecule has 5 heteroatoms. The maximum absolute atomic E-state index is 12.6. The topological polar surface area (TPSA) is 65.4 Å². The van der Waals surface area contributed by atoms with Gasteiger partial charge in [0.1, 0.15) is 5.75 Å². The Labute approximate surface area is 183 Å². The molecule has 0 bridgehead atoms. The molecule has 0 unspecified atom stereocenters. The quantitative estimate of drug-likeness (QED) is 0.490. The highest BCUT2D eigenvalue weighted by Gasteiger charge is 2.08. The van der Waals surface area contributed by atoms with Gasteiger partial charge in [0.15, 0.2) is 0 Å². The maximum Gasteiger partial charge on any atom is 0.255 e. The number of nitrogens with one attached hydrogen (secondary N) is 1. The summed E-state index contributed by atoms with van der Waals surface area (Å²) in [7, 11) is 4.12. The number of nitriles is 1. The Morgan fingerprint density at radius 3 is 2.29 bits per heavy atom. The summed E-state index contributed by atoms with van der Waals surface area (Å²) < 4.78 is 5.79. The Hall–Kier alpha value is -3.62. The lowest BCUT2D eigenvalue weighted by molar-refractivity contribution is 0.102. The minimum Gasteiger partial charge on any atom is -0.494 e. The van der Waals surface area contributed by atoms with Gasteiger partial charge in [-0.25, -0.2) is 0 Å². The molecule has 0 atom stereocenters. The van der Waals surface area contributed by atoms with E-state index < -0.39 is 0 Å². The number of ether oxygens (including phenoxy) is 1. The molecule has 0 heterocycles. The summed E-state index contributed by atoms with van der Waals surface area (Å²) in [6, 6.07) is 24.4. The molecule has 0 aromatic heterocycles. The van der Waals surface area contributed by atoms with E-state index in [4.69, 9.17) is 10.00 Å². The summed E-state index contributed by atoms with van der Waals surface area (Å²) in [5.41, 5.74) is 3.95. The maximum atomic E-state index is 12.6. The van der Waals surface area contributed by atoms with Crippen molar-refractivity contribution >= 4 is 11.6 Å². The fourth-order valence-corrected chi connectivity index (χ4v) is 3.13. The van der Waals surface area contributed by atoms with Crippen molar-refractivity contribution in [2.24, 2.45) is 0 Å². The first-order chi connectivity index (χ1) is 15.0. The van der Waals surface area contributed by atoms with E-state index >= 15 is 0 Å². The number of carbonyl (C=O) groups excluding carboxylic acids is 1. The highest BCUT2D eigenvalue weighted by molar-refractivity contribution is 6.04. The van der Waals surface area contributed by atoms with Crippen molar-refractivity contribution in [3.63, 3.8) is 0 Å². The van der Waals surface area contributed by atoms with Gasteiger partial charge in [0.2, 0.25) is 0 Å². The Bertz CT molecular complexity index is 1040. The number of nitrogens with zero attached hydrogens (tertiary/aromatic N) is 2. The number of rotatable bonds is 9. The standard InChI is InChI=1S/C26H27N3O2/c1-29(2)16-3-4-17-31-25-7-5-6-23(18-25)26(30)28-24-14-12-22(13-15-24)21-10-8-20(19-27)9-11-21/h5-15,18H,3-4,16-17H2,1-2H3,(H,28,30). The molecule has 1 amide bonds. The van der Waals surface area contributed by atoms with Crippen LogP contribution in [0.2, 0.25) is 0 Å². The highest BCUT2D eigenvalue weighted by atomic mass is 16.5. The molecule has 0 aliphatic heterocycles. The number of benzene rings is 3. The summed E-state index contributed by atoms with van der Waals surface area (Å²) in [4.78, 5) is 14.8. The van der Waals surface area contributed by atoms with Gasteiger partial charge in [-0.2, -0.15) is 5.26 Å². The van der Waals surface area contributed by atoms with E-state index in [0.29, 0.717) is 23.5 Å². The minimum atomic E-state index is -0.177. The third-order valence-electron chi connectivity index (χ3n) is 4.85. The van der Waals surface area contributed by atoms with Gasteiger partial charge >= 0.3 is 0 Å². The van der Waals surface area contributed by atoms with E-state index in [9.17, 15) is 4.79 Å². The fraction of sp³-hybridized carbons (Fsp3) is 0.231. The van der Waals surface area contributed by atoms with E-state index in [1.54, 1.807) is 24.3 Å². The molecule has 3 aromatic carbocycles. The van der Waals surface area contributed by atoms with E-state index in [2.05, 4.69) is 30.4 Å². The largest absolute Gasteiger partial charge is 0.494 e. The van der Waals surface area contributed by atoms with Crippen molar-refractivity contribution in [1.29, 1.82) is 5.26 Å². The van der Waals surface area contributed by atoms with Gasteiger partial charge in [-0.15, -0.1) is 0 Å². The average molecular weight is 414 g/mol. The molecule has 5 nitrogen and oxygen atoms in total. The van der Waals surface area contributed by atoms with Crippen molar-refractivity contribution in [2.75, 3.05) is 32.6 Å². The molecule has 3 aromatic rings. The van der Waals surface area contributed by atoms with Crippen LogP contribution >= 0.6 is 0 Å². The average Bonchev–Trinajstić information content (AvgIpc) is 2.79. The lowest BCUT2D eigenvalue weighted by Gasteiger charge is -2.11. The van der Waals surface area contributed by atoms with Crippen LogP contribution in [0.4, 0.5) is 5.69 Å². The van der Waals surface area contributed by atoms with Crippen molar-refractivity contribution in [1.82, 2.24) is 4.90 Å². The molecule has 0 fully saturated rings. The van der Waals surface area contributed by atoms with E-state index in [1.165, 1.54) is 0 Å². The summed E-state index contributed by atoms with van der Waals surface area (Å²) in [6.07, 6.45) is 2.05. The second kappa shape index (κ2) is 11.0. The zero-order valence-corrected chi connectivity index (χ0v) is 18.0. The number of anilines is 1. The molecule has 0 saturated heterocycles. The molecule has 0 radical (unpaired) electrons. The minimum absolute atomic E-state index is 0.177. The lowest BCUT2D eigenvalue weighted by Crippen LogP contribution is -2.14. The number of amides is 1. The molecule has 0 spiro atoms. The first kappa shape index (κ1) is 22.1. The number of hydrogen-bond acceptors (Lipinski definition) is 4. The monoisotopic (exact) mass is 413 g/mol. The second-order valence-electron chi connectivity index (χ2n) is 7.61. The Balaban J connectivity index is 1.56. The normalized spacial score (nSPS) is 10.5. The summed E-state index contributed by atoms with van der Waals surface area (Å²) in [6.45, 7) is 1.67. The third-order valence-corrected chi connectivity index (χ3v) is 4.85. The van der Waals surface area contributed by atoms with Crippen LogP contribution in [0.5, 0.6) is 5.75 Å². The van der Waals surface area contributed by atoms with Gasteiger partial charge in [0.05, 0.1) is 18.2 Å². The molecular weight excluding hydrogens is 386 g/mol. The van der Waals surface area contributed by atoms with E-state index in [1.807, 2.05) is 48.5 Å². The van der Waals surface area contributed by atoms with Gasteiger partial charge in [-0.3, -0.25) is 4.79 Å². The predicted molar refractivity (Wildman–Crippen MR) is 124 cm³/mol. The van der Waals surface area contributed by atoms with Crippen molar-refractivity contribution in [2.45, 2.75) is 12.8 Å². The molecule has 0 saturated carbocycles. The Morgan fingerprint density at radius 1 is 0.968 bits per heavy atom. The SMILES string of the molecule is CN(C)CCCCOc1cccc(C(=O)Nc2ccc(-c3ccc(C#N)cc3)cc2)c1. The number of unbranched alkanes of at least 4 members (excludes halogenated alkanes) is 1. The fourth-order valence-electron chi connectivity index (χ4n) is 3.13. The molecule has 31 heavy (non-hydrogen) atoms. The van der Waals surface area contributed by atoms with Crippen LogP contribution in [0.3, 0.4) is 0 Å². The number of hydrogen-bond donors (Lipinski definition) is 1. The van der Waals surface area contributed by atoms with E-state index in [0.717, 1.165) is 36.2 Å². The third kappa shape index (κ3) is 6.70. The molecule has 3 rings (SSSR count). The second-order valence-corrected chi connectivity index (χ2v) is 7.61. The van der Waals surface area contributed by atoms with Crippen molar-refractivity contribution in [3.8, 4) is 22.9 Å². The smallest absolute Gasteiger partial charge is 0.255 e. The van der Waals surface area contributed by atoms with Crippen LogP contribution in [0, 0.1) is 11.3 Å². The molecule has 0 aliphatic rings. The van der Waals surface area contributed by atoms with Crippen LogP contribution in [-0.2, 0) is 0 Å². The van der Waals surface area contributed by atoms with Crippen LogP contribution in [0.15, 0.2) is 72.8 Å². The van der Waals surface area contributed by atoms with Gasteiger partial charge < -0.3 is 15.0 Å². The van der Waals surface area contributed by atoms with Crippen LogP contribution < -0.4 is 10.1 Å². The summed E-state index contributed by atoms with van der Waals surface area (Å²) >= 11 is 0. The number of carbonyl (C=O) groups is 1. The summed E-state index contributed by atoms with van der Waals surface area (Å²) in [5.74, 6) is 0.526. The van der Waals surface area contributed by atoms with Crippen molar-refractivity contribution < 1.29 is 9.53 Å². The first-order valence-corrected chi connectivity index (χ1v) is 10.3. The van der Waals surface area contributed by atoms with Crippen LogP contribution in [-0.4, -0.2) is 38.1 Å².